The molecule has 0 aromatic heterocycles. The number of allylic oxidation sites excluding steroid dienone is 4. The van der Waals surface area contributed by atoms with Crippen LogP contribution in [0.3, 0.4) is 0 Å². The zero-order chi connectivity index (χ0) is 18.9. The molecule has 0 N–H and O–H groups in total. The molecule has 1 aliphatic carbocycles. The first kappa shape index (κ1) is 18.4. The van der Waals surface area contributed by atoms with E-state index >= 15 is 0 Å². The van der Waals surface area contributed by atoms with Crippen molar-refractivity contribution in [1.82, 2.24) is 4.90 Å². The lowest BCUT2D eigenvalue weighted by Crippen LogP contribution is -2.37. The summed E-state index contributed by atoms with van der Waals surface area (Å²) in [4.78, 5) is 37.1. The van der Waals surface area contributed by atoms with Gasteiger partial charge in [0.05, 0.1) is 11.1 Å². The van der Waals surface area contributed by atoms with Crippen LogP contribution in [-0.2, 0) is 4.79 Å². The van der Waals surface area contributed by atoms with Crippen molar-refractivity contribution < 1.29 is 27.6 Å². The van der Waals surface area contributed by atoms with Gasteiger partial charge in [0, 0.05) is 18.2 Å². The number of nitrogens with zero attached hydrogens (tertiary/aromatic N) is 1. The third kappa shape index (κ3) is 4.07. The van der Waals surface area contributed by atoms with Crippen LogP contribution >= 0.6 is 11.8 Å². The Kier molecular flexibility index (Phi) is 5.04. The minimum absolute atomic E-state index is 0.0341. The predicted octanol–water partition coefficient (Wildman–Crippen LogP) is 3.75. The molecule has 1 atom stereocenters. The molecule has 0 spiro atoms. The highest BCUT2D eigenvalue weighted by Gasteiger charge is 2.40. The number of imide groups is 1. The molecule has 0 saturated carbocycles. The summed E-state index contributed by atoms with van der Waals surface area (Å²) >= 11 is -0.256. The van der Waals surface area contributed by atoms with Crippen molar-refractivity contribution in [2.45, 2.75) is 23.6 Å². The molecular formula is C18H14F3NO3S. The first-order valence-corrected chi connectivity index (χ1v) is 8.71. The van der Waals surface area contributed by atoms with Crippen molar-refractivity contribution in [2.24, 2.45) is 0 Å². The van der Waals surface area contributed by atoms with Gasteiger partial charge in [-0.3, -0.25) is 19.3 Å². The second-order valence-corrected chi connectivity index (χ2v) is 7.35. The number of fused-ring (bicyclic) bond motifs is 1. The second-order valence-electron chi connectivity index (χ2n) is 5.98. The van der Waals surface area contributed by atoms with Gasteiger partial charge in [-0.2, -0.15) is 13.2 Å². The topological polar surface area (TPSA) is 54.5 Å². The zero-order valence-electron chi connectivity index (χ0n) is 13.5. The van der Waals surface area contributed by atoms with Crippen LogP contribution in [-0.4, -0.2) is 39.8 Å². The number of hydrogen-bond donors (Lipinski definition) is 0. The van der Waals surface area contributed by atoms with E-state index in [0.717, 1.165) is 4.90 Å². The summed E-state index contributed by atoms with van der Waals surface area (Å²) in [5.74, 6) is -1.36. The number of alkyl halides is 3. The standard InChI is InChI=1S/C18H14F3NO3S/c19-18(20,21)26-13(9-11-4-3-5-12(23)8-11)10-22-16(24)14-6-1-2-7-15(14)17(22)25/h1-7,13H,8-10H2. The van der Waals surface area contributed by atoms with E-state index < -0.39 is 22.6 Å². The van der Waals surface area contributed by atoms with Gasteiger partial charge in [-0.05, 0) is 36.4 Å². The number of carbonyl (C=O) groups is 3. The second kappa shape index (κ2) is 7.11. The average molecular weight is 381 g/mol. The lowest BCUT2D eigenvalue weighted by atomic mass is 9.99. The fraction of sp³-hybridized carbons (Fsp3) is 0.278. The summed E-state index contributed by atoms with van der Waals surface area (Å²) in [6.45, 7) is -0.369. The van der Waals surface area contributed by atoms with Gasteiger partial charge in [0.2, 0.25) is 0 Å². The van der Waals surface area contributed by atoms with E-state index in [4.69, 9.17) is 0 Å². The van der Waals surface area contributed by atoms with Gasteiger partial charge in [-0.1, -0.05) is 29.9 Å². The van der Waals surface area contributed by atoms with Gasteiger partial charge in [-0.15, -0.1) is 0 Å². The highest BCUT2D eigenvalue weighted by Crippen LogP contribution is 2.38. The number of carbonyl (C=O) groups excluding carboxylic acids is 3. The molecule has 1 heterocycles. The number of halogens is 3. The molecule has 2 amide bonds. The van der Waals surface area contributed by atoms with E-state index in [1.807, 2.05) is 0 Å². The van der Waals surface area contributed by atoms with Crippen molar-refractivity contribution in [3.05, 3.63) is 59.2 Å². The molecule has 0 saturated heterocycles. The summed E-state index contributed by atoms with van der Waals surface area (Å²) in [5, 5.41) is -1.08. The molecule has 0 radical (unpaired) electrons. The smallest absolute Gasteiger partial charge is 0.295 e. The molecular weight excluding hydrogens is 367 g/mol. The van der Waals surface area contributed by atoms with Crippen LogP contribution in [0.5, 0.6) is 0 Å². The molecule has 1 aromatic rings. The van der Waals surface area contributed by atoms with E-state index in [0.29, 0.717) is 5.57 Å². The highest BCUT2D eigenvalue weighted by molar-refractivity contribution is 8.00. The first-order chi connectivity index (χ1) is 12.2. The van der Waals surface area contributed by atoms with Crippen LogP contribution in [0.1, 0.15) is 33.6 Å². The number of ketones is 1. The van der Waals surface area contributed by atoms with Gasteiger partial charge in [-0.25, -0.2) is 0 Å². The molecule has 3 rings (SSSR count). The van der Waals surface area contributed by atoms with Crippen molar-refractivity contribution in [1.29, 1.82) is 0 Å². The Labute approximate surface area is 151 Å². The summed E-state index contributed by atoms with van der Waals surface area (Å²) < 4.78 is 38.8. The van der Waals surface area contributed by atoms with Crippen molar-refractivity contribution in [3.8, 4) is 0 Å². The Morgan fingerprint density at radius 1 is 1.08 bits per heavy atom. The lowest BCUT2D eigenvalue weighted by Gasteiger charge is -2.24. The summed E-state index contributed by atoms with van der Waals surface area (Å²) in [5.41, 5.74) is -3.57. The molecule has 0 bridgehead atoms. The number of amides is 2. The van der Waals surface area contributed by atoms with E-state index in [2.05, 4.69) is 0 Å². The molecule has 0 fully saturated rings. The summed E-state index contributed by atoms with van der Waals surface area (Å²) in [6, 6.07) is 6.16. The normalized spacial score (nSPS) is 18.2. The maximum atomic E-state index is 12.9. The average Bonchev–Trinajstić information content (AvgIpc) is 2.79. The van der Waals surface area contributed by atoms with Gasteiger partial charge >= 0.3 is 5.51 Å². The van der Waals surface area contributed by atoms with Crippen LogP contribution in [0.2, 0.25) is 0 Å². The van der Waals surface area contributed by atoms with Gasteiger partial charge in [0.15, 0.2) is 5.78 Å². The van der Waals surface area contributed by atoms with E-state index in [1.165, 1.54) is 24.3 Å². The fourth-order valence-corrected chi connectivity index (χ4v) is 3.91. The maximum absolute atomic E-state index is 12.9. The SMILES string of the molecule is O=C1C=CC=C(CC(CN2C(=O)c3ccccc3C2=O)SC(F)(F)F)C1. The Bertz CT molecular complexity index is 794. The molecule has 136 valence electrons. The number of hydrogen-bond acceptors (Lipinski definition) is 4. The van der Waals surface area contributed by atoms with Crippen LogP contribution in [0, 0.1) is 0 Å². The third-order valence-electron chi connectivity index (χ3n) is 4.07. The summed E-state index contributed by atoms with van der Waals surface area (Å²) in [6.07, 6.45) is 4.48. The predicted molar refractivity (Wildman–Crippen MR) is 90.7 cm³/mol. The quantitative estimate of drug-likeness (QED) is 0.729. The van der Waals surface area contributed by atoms with E-state index in [9.17, 15) is 27.6 Å². The van der Waals surface area contributed by atoms with Crippen LogP contribution in [0.25, 0.3) is 0 Å². The number of rotatable bonds is 5. The Hall–Kier alpha value is -2.35. The molecule has 1 unspecified atom stereocenters. The fourth-order valence-electron chi connectivity index (χ4n) is 3.01. The largest absolute Gasteiger partial charge is 0.442 e. The monoisotopic (exact) mass is 381 g/mol. The van der Waals surface area contributed by atoms with E-state index in [1.54, 1.807) is 18.2 Å². The number of thioether (sulfide) groups is 1. The van der Waals surface area contributed by atoms with Gasteiger partial charge < -0.3 is 0 Å². The van der Waals surface area contributed by atoms with Crippen LogP contribution < -0.4 is 0 Å². The molecule has 1 aliphatic heterocycles. The third-order valence-corrected chi connectivity index (χ3v) is 4.99. The first-order valence-electron chi connectivity index (χ1n) is 7.83. The van der Waals surface area contributed by atoms with Crippen LogP contribution in [0.4, 0.5) is 13.2 Å². The molecule has 2 aliphatic rings. The Morgan fingerprint density at radius 3 is 2.23 bits per heavy atom. The lowest BCUT2D eigenvalue weighted by molar-refractivity contribution is -0.114. The van der Waals surface area contributed by atoms with Crippen LogP contribution in [0.15, 0.2) is 48.1 Å². The Balaban J connectivity index is 1.79. The molecule has 8 heteroatoms. The Morgan fingerprint density at radius 2 is 1.69 bits per heavy atom. The zero-order valence-corrected chi connectivity index (χ0v) is 14.3. The molecule has 26 heavy (non-hydrogen) atoms. The van der Waals surface area contributed by atoms with Gasteiger partial charge in [0.1, 0.15) is 0 Å². The molecule has 1 aromatic carbocycles. The minimum Gasteiger partial charge on any atom is -0.295 e. The van der Waals surface area contributed by atoms with Gasteiger partial charge in [0.25, 0.3) is 11.8 Å². The molecule has 4 nitrogen and oxygen atoms in total. The van der Waals surface area contributed by atoms with E-state index in [-0.39, 0.29) is 48.1 Å². The van der Waals surface area contributed by atoms with Crippen molar-refractivity contribution in [3.63, 3.8) is 0 Å². The number of benzene rings is 1. The van der Waals surface area contributed by atoms with Crippen molar-refractivity contribution in [2.75, 3.05) is 6.54 Å². The summed E-state index contributed by atoms with van der Waals surface area (Å²) in [7, 11) is 0. The van der Waals surface area contributed by atoms with Crippen molar-refractivity contribution >= 4 is 29.4 Å². The minimum atomic E-state index is -4.52. The maximum Gasteiger partial charge on any atom is 0.442 e. The highest BCUT2D eigenvalue weighted by atomic mass is 32.2.